The largest absolute Gasteiger partial charge is 0.321 e. The van der Waals surface area contributed by atoms with Crippen LogP contribution in [-0.2, 0) is 10.0 Å². The van der Waals surface area contributed by atoms with Crippen LogP contribution < -0.4 is 5.32 Å². The summed E-state index contributed by atoms with van der Waals surface area (Å²) in [5.41, 5.74) is 0.747. The summed E-state index contributed by atoms with van der Waals surface area (Å²) in [6.07, 6.45) is 1.64. The van der Waals surface area contributed by atoms with Crippen molar-refractivity contribution in [3.8, 4) is 0 Å². The molecule has 1 saturated heterocycles. The molecule has 1 heterocycles. The topological polar surface area (TPSA) is 83.5 Å². The van der Waals surface area contributed by atoms with Gasteiger partial charge < -0.3 is 5.32 Å². The molecule has 27 heavy (non-hydrogen) atoms. The summed E-state index contributed by atoms with van der Waals surface area (Å²) in [5.74, 6) is -0.769. The third kappa shape index (κ3) is 4.05. The van der Waals surface area contributed by atoms with Crippen molar-refractivity contribution in [2.24, 2.45) is 0 Å². The number of amides is 1. The molecule has 1 aliphatic rings. The summed E-state index contributed by atoms with van der Waals surface area (Å²) < 4.78 is 26.9. The van der Waals surface area contributed by atoms with Crippen LogP contribution in [0.15, 0.2) is 47.4 Å². The second-order valence-corrected chi connectivity index (χ2v) is 8.65. The maximum atomic E-state index is 12.7. The highest BCUT2D eigenvalue weighted by atomic mass is 35.5. The Bertz CT molecular complexity index is 999. The van der Waals surface area contributed by atoms with E-state index in [1.165, 1.54) is 29.4 Å². The normalized spacial score (nSPS) is 14.9. The molecule has 8 heteroatoms. The highest BCUT2D eigenvalue weighted by molar-refractivity contribution is 7.89. The first-order valence-electron chi connectivity index (χ1n) is 8.52. The Labute approximate surface area is 163 Å². The van der Waals surface area contributed by atoms with Gasteiger partial charge >= 0.3 is 0 Å². The Hall–Kier alpha value is -2.22. The maximum Gasteiger partial charge on any atom is 0.257 e. The smallest absolute Gasteiger partial charge is 0.257 e. The summed E-state index contributed by atoms with van der Waals surface area (Å²) in [6, 6.07) is 10.7. The van der Waals surface area contributed by atoms with Gasteiger partial charge in [0.25, 0.3) is 5.91 Å². The van der Waals surface area contributed by atoms with Crippen LogP contribution in [0.25, 0.3) is 0 Å². The minimum absolute atomic E-state index is 0.0267. The molecule has 1 N–H and O–H groups in total. The Balaban J connectivity index is 1.93. The van der Waals surface area contributed by atoms with Gasteiger partial charge in [-0.1, -0.05) is 23.7 Å². The predicted molar refractivity (Wildman–Crippen MR) is 104 cm³/mol. The molecule has 0 radical (unpaired) electrons. The van der Waals surface area contributed by atoms with E-state index in [-0.39, 0.29) is 21.3 Å². The van der Waals surface area contributed by atoms with Crippen molar-refractivity contribution >= 4 is 39.0 Å². The lowest BCUT2D eigenvalue weighted by Gasteiger charge is -2.16. The molecule has 0 atom stereocenters. The quantitative estimate of drug-likeness (QED) is 0.769. The average molecular weight is 407 g/mol. The van der Waals surface area contributed by atoms with Crippen LogP contribution in [0.1, 0.15) is 40.5 Å². The summed E-state index contributed by atoms with van der Waals surface area (Å²) in [7, 11) is -3.67. The van der Waals surface area contributed by atoms with Crippen LogP contribution in [0.4, 0.5) is 5.69 Å². The molecule has 1 amide bonds. The minimum Gasteiger partial charge on any atom is -0.321 e. The van der Waals surface area contributed by atoms with Gasteiger partial charge in [0, 0.05) is 18.7 Å². The maximum absolute atomic E-state index is 12.7. The Kier molecular flexibility index (Phi) is 5.64. The minimum atomic E-state index is -3.67. The summed E-state index contributed by atoms with van der Waals surface area (Å²) >= 11 is 6.13. The molecule has 0 aromatic heterocycles. The molecule has 2 aromatic rings. The number of carbonyl (C=O) groups excluding carboxylic acids is 2. The Morgan fingerprint density at radius 1 is 1.04 bits per heavy atom. The fourth-order valence-corrected chi connectivity index (χ4v) is 4.75. The lowest BCUT2D eigenvalue weighted by Crippen LogP contribution is -2.28. The van der Waals surface area contributed by atoms with Gasteiger partial charge in [-0.25, -0.2) is 8.42 Å². The first kappa shape index (κ1) is 19.5. The Morgan fingerprint density at radius 3 is 2.37 bits per heavy atom. The number of halogens is 1. The number of ketones is 1. The number of para-hydroxylation sites is 1. The third-order valence-electron chi connectivity index (χ3n) is 4.44. The van der Waals surface area contributed by atoms with Crippen molar-refractivity contribution in [3.05, 3.63) is 58.6 Å². The van der Waals surface area contributed by atoms with Gasteiger partial charge in [0.2, 0.25) is 10.0 Å². The molecular formula is C19H19ClN2O4S. The van der Waals surface area contributed by atoms with Crippen molar-refractivity contribution < 1.29 is 18.0 Å². The molecule has 0 spiro atoms. The van der Waals surface area contributed by atoms with E-state index in [2.05, 4.69) is 5.32 Å². The number of rotatable bonds is 5. The van der Waals surface area contributed by atoms with Crippen molar-refractivity contribution in [2.45, 2.75) is 24.7 Å². The third-order valence-corrected chi connectivity index (χ3v) is 6.66. The first-order valence-corrected chi connectivity index (χ1v) is 10.3. The second-order valence-electron chi connectivity index (χ2n) is 6.31. The van der Waals surface area contributed by atoms with Gasteiger partial charge in [0.05, 0.1) is 21.2 Å². The fraction of sp³-hybridized carbons (Fsp3) is 0.263. The number of hydrogen-bond acceptors (Lipinski definition) is 4. The molecule has 6 nitrogen and oxygen atoms in total. The van der Waals surface area contributed by atoms with Gasteiger partial charge in [0.1, 0.15) is 0 Å². The zero-order valence-electron chi connectivity index (χ0n) is 14.7. The SMILES string of the molecule is CC(=O)c1ccccc1NC(=O)c1cc(S(=O)(=O)N2CCCC2)ccc1Cl. The number of nitrogens with zero attached hydrogens (tertiary/aromatic N) is 1. The average Bonchev–Trinajstić information content (AvgIpc) is 3.17. The van der Waals surface area contributed by atoms with Gasteiger partial charge in [-0.05, 0) is 50.1 Å². The molecule has 1 fully saturated rings. The van der Waals surface area contributed by atoms with Crippen LogP contribution in [0, 0.1) is 0 Å². The number of sulfonamides is 1. The van der Waals surface area contributed by atoms with E-state index < -0.39 is 15.9 Å². The summed E-state index contributed by atoms with van der Waals surface area (Å²) in [4.78, 5) is 24.4. The van der Waals surface area contributed by atoms with E-state index in [1.54, 1.807) is 24.3 Å². The van der Waals surface area contributed by atoms with Crippen molar-refractivity contribution in [2.75, 3.05) is 18.4 Å². The van der Waals surface area contributed by atoms with E-state index in [4.69, 9.17) is 11.6 Å². The van der Waals surface area contributed by atoms with Gasteiger partial charge in [-0.15, -0.1) is 0 Å². The first-order chi connectivity index (χ1) is 12.8. The second kappa shape index (κ2) is 7.80. The van der Waals surface area contributed by atoms with E-state index in [9.17, 15) is 18.0 Å². The van der Waals surface area contributed by atoms with Crippen molar-refractivity contribution in [1.82, 2.24) is 4.31 Å². The molecule has 0 unspecified atom stereocenters. The number of benzene rings is 2. The van der Waals surface area contributed by atoms with Crippen molar-refractivity contribution in [3.63, 3.8) is 0 Å². The van der Waals surface area contributed by atoms with E-state index in [1.807, 2.05) is 0 Å². The summed E-state index contributed by atoms with van der Waals surface area (Å²) in [5, 5.41) is 2.78. The molecule has 0 saturated carbocycles. The standard InChI is InChI=1S/C19H19ClN2O4S/c1-13(23)15-6-2-3-7-18(15)21-19(24)16-12-14(8-9-17(16)20)27(25,26)22-10-4-5-11-22/h2-3,6-9,12H,4-5,10-11H2,1H3,(H,21,24). The number of hydrogen-bond donors (Lipinski definition) is 1. The van der Waals surface area contributed by atoms with Crippen LogP contribution in [0.5, 0.6) is 0 Å². The fourth-order valence-electron chi connectivity index (χ4n) is 3.01. The molecular weight excluding hydrogens is 388 g/mol. The molecule has 2 aromatic carbocycles. The number of nitrogens with one attached hydrogen (secondary N) is 1. The van der Waals surface area contributed by atoms with E-state index >= 15 is 0 Å². The highest BCUT2D eigenvalue weighted by Gasteiger charge is 2.28. The molecule has 142 valence electrons. The lowest BCUT2D eigenvalue weighted by atomic mass is 10.1. The van der Waals surface area contributed by atoms with Gasteiger partial charge in [-0.3, -0.25) is 9.59 Å². The molecule has 0 aliphatic carbocycles. The monoisotopic (exact) mass is 406 g/mol. The van der Waals surface area contributed by atoms with E-state index in [0.29, 0.717) is 24.3 Å². The highest BCUT2D eigenvalue weighted by Crippen LogP contribution is 2.26. The van der Waals surface area contributed by atoms with E-state index in [0.717, 1.165) is 12.8 Å². The summed E-state index contributed by atoms with van der Waals surface area (Å²) in [6.45, 7) is 2.35. The molecule has 1 aliphatic heterocycles. The molecule has 3 rings (SSSR count). The number of Topliss-reactive ketones (excluding diaryl/α,β-unsaturated/α-hetero) is 1. The number of anilines is 1. The zero-order valence-corrected chi connectivity index (χ0v) is 16.3. The van der Waals surface area contributed by atoms with Crippen LogP contribution in [0.2, 0.25) is 5.02 Å². The lowest BCUT2D eigenvalue weighted by molar-refractivity contribution is 0.101. The van der Waals surface area contributed by atoms with Crippen LogP contribution in [0.3, 0.4) is 0 Å². The number of carbonyl (C=O) groups is 2. The Morgan fingerprint density at radius 2 is 1.70 bits per heavy atom. The van der Waals surface area contributed by atoms with Crippen LogP contribution in [-0.4, -0.2) is 37.5 Å². The van der Waals surface area contributed by atoms with Crippen LogP contribution >= 0.6 is 11.6 Å². The van der Waals surface area contributed by atoms with Gasteiger partial charge in [0.15, 0.2) is 5.78 Å². The predicted octanol–water partition coefficient (Wildman–Crippen LogP) is 3.58. The van der Waals surface area contributed by atoms with Crippen molar-refractivity contribution in [1.29, 1.82) is 0 Å². The zero-order chi connectivity index (χ0) is 19.6. The molecule has 0 bridgehead atoms. The van der Waals surface area contributed by atoms with Gasteiger partial charge in [-0.2, -0.15) is 4.31 Å².